The van der Waals surface area contributed by atoms with Gasteiger partial charge in [-0.25, -0.2) is 0 Å². The van der Waals surface area contributed by atoms with E-state index in [1.807, 2.05) is 24.3 Å². The molecule has 5 heteroatoms. The van der Waals surface area contributed by atoms with Crippen LogP contribution in [0.15, 0.2) is 53.5 Å². The third kappa shape index (κ3) is 2.57. The van der Waals surface area contributed by atoms with E-state index in [2.05, 4.69) is 4.99 Å². The summed E-state index contributed by atoms with van der Waals surface area (Å²) >= 11 is 0. The molecule has 0 radical (unpaired) electrons. The molecule has 0 saturated carbocycles. The van der Waals surface area contributed by atoms with Crippen LogP contribution in [0.2, 0.25) is 0 Å². The number of hydrogen-bond donors (Lipinski definition) is 1. The second-order valence-corrected chi connectivity index (χ2v) is 5.04. The van der Waals surface area contributed by atoms with Gasteiger partial charge in [0.15, 0.2) is 5.75 Å². The fourth-order valence-electron chi connectivity index (χ4n) is 2.57. The van der Waals surface area contributed by atoms with E-state index in [1.165, 1.54) is 17.7 Å². The number of aromatic hydroxyl groups is 1. The number of nitrogens with zero attached hydrogens (tertiary/aromatic N) is 2. The molecule has 5 nitrogen and oxygen atoms in total. The molecule has 2 aromatic carbocycles. The van der Waals surface area contributed by atoms with E-state index in [9.17, 15) is 9.90 Å². The molecule has 0 aliphatic heterocycles. The molecule has 0 spiro atoms. The minimum absolute atomic E-state index is 0.0365. The number of aliphatic imine (C=N–C) groups is 1. The van der Waals surface area contributed by atoms with Crippen molar-refractivity contribution in [2.24, 2.45) is 4.99 Å². The van der Waals surface area contributed by atoms with Gasteiger partial charge in [-0.3, -0.25) is 14.4 Å². The molecule has 3 aromatic rings. The average molecular weight is 308 g/mol. The fourth-order valence-corrected chi connectivity index (χ4v) is 2.57. The number of fused-ring (bicyclic) bond motifs is 1. The SMILES string of the molecule is COc1ccccc1N=Cc1c(O)c2ccccc2n1C(C)=O. The number of ether oxygens (including phenoxy) is 1. The number of para-hydroxylation sites is 3. The second kappa shape index (κ2) is 5.96. The first-order valence-electron chi connectivity index (χ1n) is 7.14. The predicted molar refractivity (Wildman–Crippen MR) is 90.2 cm³/mol. The molecule has 1 N–H and O–H groups in total. The van der Waals surface area contributed by atoms with Crippen molar-refractivity contribution >= 4 is 28.7 Å². The molecule has 23 heavy (non-hydrogen) atoms. The third-order valence-corrected chi connectivity index (χ3v) is 3.61. The lowest BCUT2D eigenvalue weighted by atomic mass is 10.2. The zero-order valence-electron chi connectivity index (χ0n) is 12.9. The van der Waals surface area contributed by atoms with Gasteiger partial charge in [0.1, 0.15) is 17.1 Å². The van der Waals surface area contributed by atoms with Crippen molar-refractivity contribution in [1.82, 2.24) is 4.57 Å². The van der Waals surface area contributed by atoms with Crippen LogP contribution in [-0.2, 0) is 0 Å². The van der Waals surface area contributed by atoms with Crippen LogP contribution < -0.4 is 4.74 Å². The molecule has 0 saturated heterocycles. The van der Waals surface area contributed by atoms with Crippen LogP contribution >= 0.6 is 0 Å². The Bertz CT molecular complexity index is 910. The fraction of sp³-hybridized carbons (Fsp3) is 0.111. The van der Waals surface area contributed by atoms with E-state index >= 15 is 0 Å². The van der Waals surface area contributed by atoms with E-state index in [1.54, 1.807) is 31.4 Å². The van der Waals surface area contributed by atoms with Gasteiger partial charge in [-0.1, -0.05) is 24.3 Å². The maximum atomic E-state index is 12.0. The molecule has 0 bridgehead atoms. The van der Waals surface area contributed by atoms with Crippen molar-refractivity contribution in [2.45, 2.75) is 6.92 Å². The van der Waals surface area contributed by atoms with Gasteiger partial charge in [-0.2, -0.15) is 0 Å². The number of rotatable bonds is 3. The van der Waals surface area contributed by atoms with Gasteiger partial charge >= 0.3 is 0 Å². The first-order valence-corrected chi connectivity index (χ1v) is 7.14. The standard InChI is InChI=1S/C18H16N2O3/c1-12(21)20-15-9-5-3-7-13(15)18(22)16(20)11-19-14-8-4-6-10-17(14)23-2/h3-11,22H,1-2H3. The van der Waals surface area contributed by atoms with Crippen molar-refractivity contribution < 1.29 is 14.6 Å². The first-order chi connectivity index (χ1) is 11.1. The van der Waals surface area contributed by atoms with E-state index in [0.29, 0.717) is 28.0 Å². The van der Waals surface area contributed by atoms with E-state index in [-0.39, 0.29) is 11.7 Å². The number of carbonyl (C=O) groups is 1. The normalized spacial score (nSPS) is 11.2. The predicted octanol–water partition coefficient (Wildman–Crippen LogP) is 3.77. The minimum atomic E-state index is -0.192. The highest BCUT2D eigenvalue weighted by Gasteiger charge is 2.17. The van der Waals surface area contributed by atoms with Crippen molar-refractivity contribution in [3.8, 4) is 11.5 Å². The molecular weight excluding hydrogens is 292 g/mol. The summed E-state index contributed by atoms with van der Waals surface area (Å²) in [4.78, 5) is 16.4. The van der Waals surface area contributed by atoms with E-state index in [4.69, 9.17) is 4.74 Å². The summed E-state index contributed by atoms with van der Waals surface area (Å²) in [6, 6.07) is 14.5. The van der Waals surface area contributed by atoms with Gasteiger partial charge in [-0.05, 0) is 24.3 Å². The molecule has 0 amide bonds. The highest BCUT2D eigenvalue weighted by molar-refractivity contribution is 6.04. The van der Waals surface area contributed by atoms with Crippen LogP contribution in [0.4, 0.5) is 5.69 Å². The van der Waals surface area contributed by atoms with Crippen molar-refractivity contribution in [3.05, 3.63) is 54.2 Å². The molecule has 0 atom stereocenters. The highest BCUT2D eigenvalue weighted by Crippen LogP contribution is 2.32. The number of aromatic nitrogens is 1. The summed E-state index contributed by atoms with van der Waals surface area (Å²) in [7, 11) is 1.57. The zero-order chi connectivity index (χ0) is 16.4. The molecule has 3 rings (SSSR count). The van der Waals surface area contributed by atoms with Crippen LogP contribution in [-0.4, -0.2) is 28.9 Å². The molecule has 116 valence electrons. The Labute approximate surface area is 133 Å². The lowest BCUT2D eigenvalue weighted by molar-refractivity contribution is 0.0940. The summed E-state index contributed by atoms with van der Waals surface area (Å²) in [6.45, 7) is 1.45. The molecule has 0 fully saturated rings. The Hall–Kier alpha value is -3.08. The lowest BCUT2D eigenvalue weighted by Gasteiger charge is -2.04. The lowest BCUT2D eigenvalue weighted by Crippen LogP contribution is -2.09. The first kappa shape index (κ1) is 14.8. The van der Waals surface area contributed by atoms with Crippen LogP contribution in [0, 0.1) is 0 Å². The van der Waals surface area contributed by atoms with Gasteiger partial charge in [0.25, 0.3) is 0 Å². The Balaban J connectivity index is 2.16. The summed E-state index contributed by atoms with van der Waals surface area (Å²) in [5.74, 6) is 0.464. The Morgan fingerprint density at radius 1 is 1.17 bits per heavy atom. The summed E-state index contributed by atoms with van der Waals surface area (Å²) in [5.41, 5.74) is 1.62. The van der Waals surface area contributed by atoms with Crippen LogP contribution in [0.3, 0.4) is 0 Å². The molecule has 1 heterocycles. The summed E-state index contributed by atoms with van der Waals surface area (Å²) < 4.78 is 6.70. The van der Waals surface area contributed by atoms with Crippen LogP contribution in [0.1, 0.15) is 17.4 Å². The smallest absolute Gasteiger partial charge is 0.228 e. The maximum Gasteiger partial charge on any atom is 0.228 e. The zero-order valence-corrected chi connectivity index (χ0v) is 12.9. The largest absolute Gasteiger partial charge is 0.505 e. The third-order valence-electron chi connectivity index (χ3n) is 3.61. The Kier molecular flexibility index (Phi) is 3.85. The monoisotopic (exact) mass is 308 g/mol. The van der Waals surface area contributed by atoms with Gasteiger partial charge in [0.2, 0.25) is 5.91 Å². The number of methoxy groups -OCH3 is 1. The Morgan fingerprint density at radius 2 is 1.87 bits per heavy atom. The van der Waals surface area contributed by atoms with Gasteiger partial charge in [0, 0.05) is 12.3 Å². The van der Waals surface area contributed by atoms with Crippen molar-refractivity contribution in [2.75, 3.05) is 7.11 Å². The second-order valence-electron chi connectivity index (χ2n) is 5.04. The van der Waals surface area contributed by atoms with Crippen molar-refractivity contribution in [1.29, 1.82) is 0 Å². The number of carbonyl (C=O) groups excluding carboxylic acids is 1. The quantitative estimate of drug-likeness (QED) is 0.749. The average Bonchev–Trinajstić information content (AvgIpc) is 2.86. The number of hydrogen-bond acceptors (Lipinski definition) is 4. The molecule has 0 aliphatic carbocycles. The molecule has 1 aromatic heterocycles. The van der Waals surface area contributed by atoms with Gasteiger partial charge < -0.3 is 9.84 Å². The van der Waals surface area contributed by atoms with Crippen LogP contribution in [0.25, 0.3) is 10.9 Å². The van der Waals surface area contributed by atoms with Crippen molar-refractivity contribution in [3.63, 3.8) is 0 Å². The van der Waals surface area contributed by atoms with Crippen LogP contribution in [0.5, 0.6) is 11.5 Å². The maximum absolute atomic E-state index is 12.0. The number of benzene rings is 2. The Morgan fingerprint density at radius 3 is 2.61 bits per heavy atom. The summed E-state index contributed by atoms with van der Waals surface area (Å²) in [5, 5.41) is 11.0. The molecular formula is C18H16N2O3. The summed E-state index contributed by atoms with van der Waals surface area (Å²) in [6.07, 6.45) is 1.48. The van der Waals surface area contributed by atoms with E-state index in [0.717, 1.165) is 0 Å². The molecule has 0 aliphatic rings. The molecule has 0 unspecified atom stereocenters. The van der Waals surface area contributed by atoms with Gasteiger partial charge in [-0.15, -0.1) is 0 Å². The van der Waals surface area contributed by atoms with E-state index < -0.39 is 0 Å². The topological polar surface area (TPSA) is 63.8 Å². The minimum Gasteiger partial charge on any atom is -0.505 e. The highest BCUT2D eigenvalue weighted by atomic mass is 16.5. The van der Waals surface area contributed by atoms with Gasteiger partial charge in [0.05, 0.1) is 18.8 Å².